The van der Waals surface area contributed by atoms with Gasteiger partial charge >= 0.3 is 5.69 Å². The molecule has 0 radical (unpaired) electrons. The third kappa shape index (κ3) is 2.99. The monoisotopic (exact) mass is 299 g/mol. The third-order valence-electron chi connectivity index (χ3n) is 3.60. The largest absolute Gasteiger partial charge is 0.337 e. The summed E-state index contributed by atoms with van der Waals surface area (Å²) in [5.41, 5.74) is -1.76. The van der Waals surface area contributed by atoms with E-state index in [1.807, 2.05) is 0 Å². The van der Waals surface area contributed by atoms with Gasteiger partial charge in [-0.2, -0.15) is 4.39 Å². The first kappa shape index (κ1) is 15.3. The van der Waals surface area contributed by atoms with Crippen molar-refractivity contribution >= 4 is 11.6 Å². The second-order valence-electron chi connectivity index (χ2n) is 4.89. The molecule has 2 rings (SSSR count). The second-order valence-corrected chi connectivity index (χ2v) is 4.89. The van der Waals surface area contributed by atoms with Crippen molar-refractivity contribution in [2.24, 2.45) is 0 Å². The fourth-order valence-corrected chi connectivity index (χ4v) is 2.43. The number of carbonyl (C=O) groups excluding carboxylic acids is 1. The lowest BCUT2D eigenvalue weighted by molar-refractivity contribution is -0.387. The van der Waals surface area contributed by atoms with E-state index >= 15 is 0 Å². The highest BCUT2D eigenvalue weighted by molar-refractivity contribution is 5.95. The minimum Gasteiger partial charge on any atom is -0.337 e. The summed E-state index contributed by atoms with van der Waals surface area (Å²) < 4.78 is 27.8. The lowest BCUT2D eigenvalue weighted by atomic mass is 10.0. The quantitative estimate of drug-likeness (QED) is 0.681. The van der Waals surface area contributed by atoms with Crippen LogP contribution in [0.3, 0.4) is 0 Å². The van der Waals surface area contributed by atoms with Crippen LogP contribution in [0.15, 0.2) is 12.1 Å². The van der Waals surface area contributed by atoms with Crippen LogP contribution < -0.4 is 5.32 Å². The maximum absolute atomic E-state index is 14.0. The standard InChI is InChI=1S/C13H15F2N3O3/c1-16-8-3-2-6-17(7-8)13(19)11-9(14)4-5-10(12(11)15)18(20)21/h4-5,8,16H,2-3,6-7H2,1H3. The number of hydrogen-bond donors (Lipinski definition) is 1. The van der Waals surface area contributed by atoms with Gasteiger partial charge in [-0.3, -0.25) is 14.9 Å². The topological polar surface area (TPSA) is 75.5 Å². The Hall–Kier alpha value is -2.09. The average Bonchev–Trinajstić information content (AvgIpc) is 2.46. The fraction of sp³-hybridized carbons (Fsp3) is 0.462. The Morgan fingerprint density at radius 3 is 2.81 bits per heavy atom. The van der Waals surface area contributed by atoms with Crippen molar-refractivity contribution in [3.8, 4) is 0 Å². The Kier molecular flexibility index (Phi) is 4.46. The number of piperidine rings is 1. The number of likely N-dealkylation sites (tertiary alicyclic amines) is 1. The van der Waals surface area contributed by atoms with Crippen molar-refractivity contribution < 1.29 is 18.5 Å². The summed E-state index contributed by atoms with van der Waals surface area (Å²) in [5.74, 6) is -3.36. The average molecular weight is 299 g/mol. The number of nitro benzene ring substituents is 1. The molecule has 0 aliphatic carbocycles. The third-order valence-corrected chi connectivity index (χ3v) is 3.60. The Morgan fingerprint density at radius 1 is 1.48 bits per heavy atom. The summed E-state index contributed by atoms with van der Waals surface area (Å²) in [5, 5.41) is 13.7. The number of nitrogens with one attached hydrogen (secondary N) is 1. The molecule has 1 saturated heterocycles. The summed E-state index contributed by atoms with van der Waals surface area (Å²) >= 11 is 0. The fourth-order valence-electron chi connectivity index (χ4n) is 2.43. The number of benzene rings is 1. The van der Waals surface area contributed by atoms with Crippen LogP contribution in [0.1, 0.15) is 23.2 Å². The molecular formula is C13H15F2N3O3. The summed E-state index contributed by atoms with van der Waals surface area (Å²) in [6.07, 6.45) is 1.57. The molecule has 21 heavy (non-hydrogen) atoms. The molecule has 1 unspecified atom stereocenters. The minimum absolute atomic E-state index is 0.0486. The van der Waals surface area contributed by atoms with Crippen LogP contribution in [0.4, 0.5) is 14.5 Å². The van der Waals surface area contributed by atoms with Gasteiger partial charge in [-0.15, -0.1) is 0 Å². The zero-order valence-corrected chi connectivity index (χ0v) is 11.4. The van der Waals surface area contributed by atoms with Crippen LogP contribution in [0.25, 0.3) is 0 Å². The van der Waals surface area contributed by atoms with Gasteiger partial charge in [0.2, 0.25) is 5.82 Å². The molecule has 1 aromatic rings. The number of halogens is 2. The van der Waals surface area contributed by atoms with E-state index in [4.69, 9.17) is 0 Å². The van der Waals surface area contributed by atoms with Crippen LogP contribution >= 0.6 is 0 Å². The number of likely N-dealkylation sites (N-methyl/N-ethyl adjacent to an activating group) is 1. The Balaban J connectivity index is 2.34. The highest BCUT2D eigenvalue weighted by atomic mass is 19.1. The Morgan fingerprint density at radius 2 is 2.19 bits per heavy atom. The van der Waals surface area contributed by atoms with E-state index in [-0.39, 0.29) is 6.04 Å². The number of nitro groups is 1. The number of nitrogens with zero attached hydrogens (tertiary/aromatic N) is 2. The molecule has 1 aliphatic rings. The van der Waals surface area contributed by atoms with Gasteiger partial charge in [0, 0.05) is 25.2 Å². The predicted octanol–water partition coefficient (Wildman–Crippen LogP) is 1.70. The van der Waals surface area contributed by atoms with Crippen molar-refractivity contribution in [3.63, 3.8) is 0 Å². The molecule has 114 valence electrons. The van der Waals surface area contributed by atoms with Gasteiger partial charge in [0.15, 0.2) is 0 Å². The molecule has 1 aromatic carbocycles. The Labute approximate surface area is 119 Å². The molecule has 8 heteroatoms. The second kappa shape index (κ2) is 6.13. The molecule has 1 fully saturated rings. The minimum atomic E-state index is -1.42. The van der Waals surface area contributed by atoms with Crippen molar-refractivity contribution in [3.05, 3.63) is 39.4 Å². The van der Waals surface area contributed by atoms with E-state index in [0.29, 0.717) is 25.6 Å². The highest BCUT2D eigenvalue weighted by Gasteiger charge is 2.31. The molecule has 6 nitrogen and oxygen atoms in total. The predicted molar refractivity (Wildman–Crippen MR) is 71.0 cm³/mol. The van der Waals surface area contributed by atoms with E-state index in [9.17, 15) is 23.7 Å². The number of amides is 1. The number of rotatable bonds is 3. The van der Waals surface area contributed by atoms with E-state index < -0.39 is 33.7 Å². The Bertz CT molecular complexity index is 580. The first-order chi connectivity index (χ1) is 9.95. The van der Waals surface area contributed by atoms with Crippen molar-refractivity contribution in [1.29, 1.82) is 0 Å². The van der Waals surface area contributed by atoms with Crippen LogP contribution in [0.2, 0.25) is 0 Å². The van der Waals surface area contributed by atoms with Crippen LogP contribution in [0.5, 0.6) is 0 Å². The first-order valence-electron chi connectivity index (χ1n) is 6.54. The molecule has 1 atom stereocenters. The molecule has 1 amide bonds. The SMILES string of the molecule is CNC1CCCN(C(=O)c2c(F)ccc([N+](=O)[O-])c2F)C1. The number of hydrogen-bond acceptors (Lipinski definition) is 4. The van der Waals surface area contributed by atoms with E-state index in [0.717, 1.165) is 12.5 Å². The first-order valence-corrected chi connectivity index (χ1v) is 6.54. The van der Waals surface area contributed by atoms with Crippen LogP contribution in [-0.4, -0.2) is 41.9 Å². The molecule has 0 bridgehead atoms. The molecule has 1 aliphatic heterocycles. The van der Waals surface area contributed by atoms with E-state index in [1.165, 1.54) is 4.90 Å². The van der Waals surface area contributed by atoms with Crippen molar-refractivity contribution in [2.45, 2.75) is 18.9 Å². The van der Waals surface area contributed by atoms with Crippen molar-refractivity contribution in [1.82, 2.24) is 10.2 Å². The van der Waals surface area contributed by atoms with Gasteiger partial charge in [-0.1, -0.05) is 0 Å². The van der Waals surface area contributed by atoms with E-state index in [1.54, 1.807) is 7.05 Å². The summed E-state index contributed by atoms with van der Waals surface area (Å²) in [6, 6.07) is 1.51. The van der Waals surface area contributed by atoms with Crippen LogP contribution in [-0.2, 0) is 0 Å². The van der Waals surface area contributed by atoms with Gasteiger partial charge in [-0.25, -0.2) is 4.39 Å². The van der Waals surface area contributed by atoms with Gasteiger partial charge in [0.05, 0.1) is 4.92 Å². The molecule has 0 spiro atoms. The molecule has 1 N–H and O–H groups in total. The highest BCUT2D eigenvalue weighted by Crippen LogP contribution is 2.25. The summed E-state index contributed by atoms with van der Waals surface area (Å²) in [4.78, 5) is 23.3. The van der Waals surface area contributed by atoms with E-state index in [2.05, 4.69) is 5.32 Å². The molecular weight excluding hydrogens is 284 g/mol. The van der Waals surface area contributed by atoms with Gasteiger partial charge in [-0.05, 0) is 26.0 Å². The van der Waals surface area contributed by atoms with Gasteiger partial charge in [0.25, 0.3) is 5.91 Å². The van der Waals surface area contributed by atoms with Crippen LogP contribution in [0, 0.1) is 21.7 Å². The summed E-state index contributed by atoms with van der Waals surface area (Å²) in [7, 11) is 1.74. The summed E-state index contributed by atoms with van der Waals surface area (Å²) in [6.45, 7) is 0.690. The zero-order chi connectivity index (χ0) is 15.6. The van der Waals surface area contributed by atoms with Gasteiger partial charge < -0.3 is 10.2 Å². The number of carbonyl (C=O) groups is 1. The molecule has 0 aromatic heterocycles. The van der Waals surface area contributed by atoms with Crippen molar-refractivity contribution in [2.75, 3.05) is 20.1 Å². The van der Waals surface area contributed by atoms with Gasteiger partial charge in [0.1, 0.15) is 11.4 Å². The normalized spacial score (nSPS) is 18.6. The lowest BCUT2D eigenvalue weighted by Crippen LogP contribution is -2.47. The molecule has 0 saturated carbocycles. The smallest absolute Gasteiger partial charge is 0.305 e. The lowest BCUT2D eigenvalue weighted by Gasteiger charge is -2.32. The maximum atomic E-state index is 14.0. The maximum Gasteiger partial charge on any atom is 0.305 e. The molecule has 1 heterocycles. The zero-order valence-electron chi connectivity index (χ0n) is 11.4.